The molecule has 2 N–H and O–H groups in total. The summed E-state index contributed by atoms with van der Waals surface area (Å²) in [5.41, 5.74) is 6.94. The lowest BCUT2D eigenvalue weighted by Crippen LogP contribution is -2.17. The zero-order chi connectivity index (χ0) is 13.0. The van der Waals surface area contributed by atoms with Crippen LogP contribution in [0.3, 0.4) is 0 Å². The van der Waals surface area contributed by atoms with Gasteiger partial charge in [0.15, 0.2) is 0 Å². The van der Waals surface area contributed by atoms with Gasteiger partial charge in [-0.25, -0.2) is 4.98 Å². The first-order valence-electron chi connectivity index (χ1n) is 5.78. The van der Waals surface area contributed by atoms with Crippen LogP contribution >= 0.6 is 23.4 Å². The molecule has 94 valence electrons. The number of halogens is 1. The van der Waals surface area contributed by atoms with Gasteiger partial charge in [0.1, 0.15) is 5.03 Å². The summed E-state index contributed by atoms with van der Waals surface area (Å²) in [6, 6.07) is 12.1. The lowest BCUT2D eigenvalue weighted by molar-refractivity contribution is 0.738. The van der Waals surface area contributed by atoms with Crippen molar-refractivity contribution in [2.24, 2.45) is 5.73 Å². The molecule has 0 spiro atoms. The molecule has 0 amide bonds. The Morgan fingerprint density at radius 2 is 2.17 bits per heavy atom. The Bertz CT molecular complexity index is 514. The summed E-state index contributed by atoms with van der Waals surface area (Å²) in [5, 5.41) is 1.70. The van der Waals surface area contributed by atoms with Gasteiger partial charge >= 0.3 is 0 Å². The van der Waals surface area contributed by atoms with Crippen LogP contribution in [0.1, 0.15) is 12.5 Å². The lowest BCUT2D eigenvalue weighted by Gasteiger charge is -2.08. The van der Waals surface area contributed by atoms with Crippen molar-refractivity contribution in [2.45, 2.75) is 29.3 Å². The standard InChI is InChI=1S/C14H15ClN2S/c1-10(16)8-11-5-6-13(12(15)9-11)18-14-4-2-3-7-17-14/h2-7,9-10H,8,16H2,1H3. The summed E-state index contributed by atoms with van der Waals surface area (Å²) in [4.78, 5) is 5.29. The largest absolute Gasteiger partial charge is 0.328 e. The Labute approximate surface area is 117 Å². The first kappa shape index (κ1) is 13.4. The maximum Gasteiger partial charge on any atom is 0.101 e. The van der Waals surface area contributed by atoms with Crippen LogP contribution in [0.2, 0.25) is 5.02 Å². The summed E-state index contributed by atoms with van der Waals surface area (Å²) < 4.78 is 0. The Morgan fingerprint density at radius 3 is 2.78 bits per heavy atom. The second-order valence-corrected chi connectivity index (χ2v) is 5.69. The molecule has 4 heteroatoms. The first-order chi connectivity index (χ1) is 8.65. The highest BCUT2D eigenvalue weighted by Gasteiger charge is 2.06. The van der Waals surface area contributed by atoms with Gasteiger partial charge in [-0.15, -0.1) is 0 Å². The van der Waals surface area contributed by atoms with E-state index in [2.05, 4.69) is 11.1 Å². The molecule has 0 fully saturated rings. The number of nitrogens with zero attached hydrogens (tertiary/aromatic N) is 1. The molecule has 0 radical (unpaired) electrons. The van der Waals surface area contributed by atoms with E-state index in [-0.39, 0.29) is 6.04 Å². The molecule has 0 saturated carbocycles. The van der Waals surface area contributed by atoms with Gasteiger partial charge in [0.05, 0.1) is 5.02 Å². The fraction of sp³-hybridized carbons (Fsp3) is 0.214. The van der Waals surface area contributed by atoms with Crippen LogP contribution in [0, 0.1) is 0 Å². The molecule has 2 rings (SSSR count). The van der Waals surface area contributed by atoms with E-state index in [9.17, 15) is 0 Å². The molecule has 0 saturated heterocycles. The normalized spacial score (nSPS) is 12.4. The number of hydrogen-bond donors (Lipinski definition) is 1. The second kappa shape index (κ2) is 6.23. The number of nitrogens with two attached hydrogens (primary N) is 1. The number of hydrogen-bond acceptors (Lipinski definition) is 3. The third-order valence-electron chi connectivity index (χ3n) is 2.41. The van der Waals surface area contributed by atoms with Crippen molar-refractivity contribution < 1.29 is 0 Å². The number of benzene rings is 1. The van der Waals surface area contributed by atoms with Crippen LogP contribution in [-0.4, -0.2) is 11.0 Å². The van der Waals surface area contributed by atoms with Gasteiger partial charge in [-0.1, -0.05) is 35.5 Å². The molecule has 0 aliphatic carbocycles. The Balaban J connectivity index is 2.15. The molecular formula is C14H15ClN2S. The zero-order valence-electron chi connectivity index (χ0n) is 10.1. The minimum absolute atomic E-state index is 0.148. The van der Waals surface area contributed by atoms with Crippen molar-refractivity contribution in [3.8, 4) is 0 Å². The van der Waals surface area contributed by atoms with Gasteiger partial charge in [0.25, 0.3) is 0 Å². The maximum atomic E-state index is 6.27. The summed E-state index contributed by atoms with van der Waals surface area (Å²) in [6.07, 6.45) is 2.62. The fourth-order valence-corrected chi connectivity index (χ4v) is 2.74. The van der Waals surface area contributed by atoms with E-state index in [0.29, 0.717) is 0 Å². The molecule has 1 aromatic carbocycles. The first-order valence-corrected chi connectivity index (χ1v) is 6.97. The molecule has 2 nitrogen and oxygen atoms in total. The smallest absolute Gasteiger partial charge is 0.101 e. The lowest BCUT2D eigenvalue weighted by atomic mass is 10.1. The third kappa shape index (κ3) is 3.73. The van der Waals surface area contributed by atoms with Crippen molar-refractivity contribution in [3.05, 3.63) is 53.2 Å². The van der Waals surface area contributed by atoms with E-state index in [0.717, 1.165) is 21.4 Å². The predicted octanol–water partition coefficient (Wildman–Crippen LogP) is 3.78. The predicted molar refractivity (Wildman–Crippen MR) is 77.2 cm³/mol. The van der Waals surface area contributed by atoms with E-state index >= 15 is 0 Å². The Morgan fingerprint density at radius 1 is 1.33 bits per heavy atom. The highest BCUT2D eigenvalue weighted by atomic mass is 35.5. The Hall–Kier alpha value is -1.03. The molecule has 1 atom stereocenters. The van der Waals surface area contributed by atoms with E-state index in [1.807, 2.05) is 37.3 Å². The van der Waals surface area contributed by atoms with E-state index in [1.165, 1.54) is 5.56 Å². The molecular weight excluding hydrogens is 264 g/mol. The van der Waals surface area contributed by atoms with E-state index in [1.54, 1.807) is 18.0 Å². The van der Waals surface area contributed by atoms with Crippen LogP contribution in [0.15, 0.2) is 52.5 Å². The highest BCUT2D eigenvalue weighted by Crippen LogP contribution is 2.32. The molecule has 18 heavy (non-hydrogen) atoms. The van der Waals surface area contributed by atoms with Crippen molar-refractivity contribution in [1.82, 2.24) is 4.98 Å². The fourth-order valence-electron chi connectivity index (χ4n) is 1.65. The molecule has 1 aromatic heterocycles. The quantitative estimate of drug-likeness (QED) is 0.925. The van der Waals surface area contributed by atoms with Crippen LogP contribution in [0.25, 0.3) is 0 Å². The molecule has 0 bridgehead atoms. The SMILES string of the molecule is CC(N)Cc1ccc(Sc2ccccn2)c(Cl)c1. The van der Waals surface area contributed by atoms with Crippen LogP contribution in [0.5, 0.6) is 0 Å². The highest BCUT2D eigenvalue weighted by molar-refractivity contribution is 7.99. The number of rotatable bonds is 4. The summed E-state index contributed by atoms with van der Waals surface area (Å²) in [7, 11) is 0. The third-order valence-corrected chi connectivity index (χ3v) is 3.86. The second-order valence-electron chi connectivity index (χ2n) is 4.22. The minimum atomic E-state index is 0.148. The molecule has 0 aliphatic rings. The average molecular weight is 279 g/mol. The van der Waals surface area contributed by atoms with E-state index < -0.39 is 0 Å². The van der Waals surface area contributed by atoms with Crippen LogP contribution in [-0.2, 0) is 6.42 Å². The van der Waals surface area contributed by atoms with E-state index in [4.69, 9.17) is 17.3 Å². The molecule has 1 heterocycles. The average Bonchev–Trinajstić information content (AvgIpc) is 2.33. The summed E-state index contributed by atoms with van der Waals surface area (Å²) >= 11 is 7.84. The molecule has 1 unspecified atom stereocenters. The molecule has 2 aromatic rings. The van der Waals surface area contributed by atoms with Gasteiger partial charge in [-0.3, -0.25) is 0 Å². The van der Waals surface area contributed by atoms with Gasteiger partial charge in [-0.2, -0.15) is 0 Å². The minimum Gasteiger partial charge on any atom is -0.328 e. The monoisotopic (exact) mass is 278 g/mol. The topological polar surface area (TPSA) is 38.9 Å². The zero-order valence-corrected chi connectivity index (χ0v) is 11.7. The van der Waals surface area contributed by atoms with Crippen LogP contribution < -0.4 is 5.73 Å². The van der Waals surface area contributed by atoms with Crippen molar-refractivity contribution in [3.63, 3.8) is 0 Å². The maximum absolute atomic E-state index is 6.27. The van der Waals surface area contributed by atoms with Gasteiger partial charge in [-0.05, 0) is 43.2 Å². The van der Waals surface area contributed by atoms with Gasteiger partial charge in [0.2, 0.25) is 0 Å². The van der Waals surface area contributed by atoms with Crippen molar-refractivity contribution in [2.75, 3.05) is 0 Å². The van der Waals surface area contributed by atoms with Crippen molar-refractivity contribution >= 4 is 23.4 Å². The van der Waals surface area contributed by atoms with Crippen LogP contribution in [0.4, 0.5) is 0 Å². The summed E-state index contributed by atoms with van der Waals surface area (Å²) in [6.45, 7) is 1.99. The summed E-state index contributed by atoms with van der Waals surface area (Å²) in [5.74, 6) is 0. The number of pyridine rings is 1. The van der Waals surface area contributed by atoms with Gasteiger partial charge < -0.3 is 5.73 Å². The molecule has 0 aliphatic heterocycles. The number of aromatic nitrogens is 1. The van der Waals surface area contributed by atoms with Crippen molar-refractivity contribution in [1.29, 1.82) is 0 Å². The Kier molecular flexibility index (Phi) is 4.64. The van der Waals surface area contributed by atoms with Gasteiger partial charge in [0, 0.05) is 17.1 Å².